The molecule has 2 aromatic carbocycles. The van der Waals surface area contributed by atoms with E-state index in [4.69, 9.17) is 14.2 Å². The van der Waals surface area contributed by atoms with Crippen LogP contribution in [0.1, 0.15) is 76.8 Å². The standard InChI is InChI=1S/C31H44N2O5/c1-5-27(31(35)32-25-11-9-8-10-12-25)33(22-24-13-17-26(36-4)18-14-24)30(34)20-16-23-15-19-28(37-6-2)29(21-23)38-7-3/h13-15,17-19,21,25,27H,5-12,16,20,22H2,1-4H3,(H,32,35)/t27-/m0/s1. The van der Waals surface area contributed by atoms with Crippen molar-refractivity contribution in [2.45, 2.75) is 90.8 Å². The van der Waals surface area contributed by atoms with E-state index in [0.29, 0.717) is 50.5 Å². The number of carbonyl (C=O) groups is 2. The molecule has 0 radical (unpaired) electrons. The number of benzene rings is 2. The minimum absolute atomic E-state index is 0.0432. The van der Waals surface area contributed by atoms with Gasteiger partial charge in [-0.15, -0.1) is 0 Å². The van der Waals surface area contributed by atoms with Crippen molar-refractivity contribution in [3.63, 3.8) is 0 Å². The van der Waals surface area contributed by atoms with Crippen LogP contribution in [0.25, 0.3) is 0 Å². The molecule has 0 saturated heterocycles. The van der Waals surface area contributed by atoms with Gasteiger partial charge in [0.2, 0.25) is 11.8 Å². The number of ether oxygens (including phenoxy) is 3. The summed E-state index contributed by atoms with van der Waals surface area (Å²) in [5, 5.41) is 3.24. The minimum atomic E-state index is -0.522. The summed E-state index contributed by atoms with van der Waals surface area (Å²) in [6.45, 7) is 7.31. The van der Waals surface area contributed by atoms with E-state index in [2.05, 4.69) is 5.32 Å². The van der Waals surface area contributed by atoms with Gasteiger partial charge in [-0.25, -0.2) is 0 Å². The van der Waals surface area contributed by atoms with Gasteiger partial charge in [0.25, 0.3) is 0 Å². The molecule has 1 N–H and O–H groups in total. The van der Waals surface area contributed by atoms with E-state index in [1.54, 1.807) is 12.0 Å². The molecule has 0 spiro atoms. The van der Waals surface area contributed by atoms with Crippen molar-refractivity contribution in [3.05, 3.63) is 53.6 Å². The van der Waals surface area contributed by atoms with Crippen molar-refractivity contribution in [2.75, 3.05) is 20.3 Å². The summed E-state index contributed by atoms with van der Waals surface area (Å²) in [7, 11) is 1.63. The number of hydrogen-bond donors (Lipinski definition) is 1. The van der Waals surface area contributed by atoms with Crippen molar-refractivity contribution in [1.82, 2.24) is 10.2 Å². The van der Waals surface area contributed by atoms with E-state index in [-0.39, 0.29) is 17.9 Å². The quantitative estimate of drug-likeness (QED) is 0.344. The first-order chi connectivity index (χ1) is 18.5. The van der Waals surface area contributed by atoms with Gasteiger partial charge in [-0.1, -0.05) is 44.4 Å². The van der Waals surface area contributed by atoms with Crippen LogP contribution in [0.15, 0.2) is 42.5 Å². The van der Waals surface area contributed by atoms with E-state index >= 15 is 0 Å². The van der Waals surface area contributed by atoms with Crippen LogP contribution >= 0.6 is 0 Å². The van der Waals surface area contributed by atoms with Gasteiger partial charge in [0.05, 0.1) is 20.3 Å². The van der Waals surface area contributed by atoms with E-state index in [9.17, 15) is 9.59 Å². The lowest BCUT2D eigenvalue weighted by atomic mass is 9.95. The van der Waals surface area contributed by atoms with Gasteiger partial charge >= 0.3 is 0 Å². The maximum absolute atomic E-state index is 13.7. The normalized spacial score (nSPS) is 14.4. The van der Waals surface area contributed by atoms with Gasteiger partial charge < -0.3 is 24.4 Å². The third-order valence-electron chi connectivity index (χ3n) is 7.08. The molecule has 1 aliphatic carbocycles. The second-order valence-electron chi connectivity index (χ2n) is 9.78. The first-order valence-corrected chi connectivity index (χ1v) is 14.1. The Morgan fingerprint density at radius 2 is 1.58 bits per heavy atom. The van der Waals surface area contributed by atoms with Crippen LogP contribution in [-0.2, 0) is 22.6 Å². The van der Waals surface area contributed by atoms with Crippen molar-refractivity contribution >= 4 is 11.8 Å². The predicted octanol–water partition coefficient (Wildman–Crippen LogP) is 5.68. The number of nitrogens with one attached hydrogen (secondary N) is 1. The Hall–Kier alpha value is -3.22. The molecule has 7 heteroatoms. The molecule has 2 amide bonds. The molecule has 0 aliphatic heterocycles. The van der Waals surface area contributed by atoms with E-state index in [0.717, 1.165) is 42.6 Å². The van der Waals surface area contributed by atoms with Crippen LogP contribution < -0.4 is 19.5 Å². The Bertz CT molecular complexity index is 1020. The zero-order valence-corrected chi connectivity index (χ0v) is 23.5. The number of hydrogen-bond acceptors (Lipinski definition) is 5. The van der Waals surface area contributed by atoms with Crippen LogP contribution in [0.5, 0.6) is 17.2 Å². The van der Waals surface area contributed by atoms with Crippen molar-refractivity contribution < 1.29 is 23.8 Å². The summed E-state index contributed by atoms with van der Waals surface area (Å²) in [6, 6.07) is 13.2. The molecular weight excluding hydrogens is 480 g/mol. The number of rotatable bonds is 14. The zero-order chi connectivity index (χ0) is 27.3. The predicted molar refractivity (Wildman–Crippen MR) is 150 cm³/mol. The van der Waals surface area contributed by atoms with Gasteiger partial charge in [0, 0.05) is 19.0 Å². The summed E-state index contributed by atoms with van der Waals surface area (Å²) >= 11 is 0. The van der Waals surface area contributed by atoms with Crippen LogP contribution in [0.4, 0.5) is 0 Å². The number of aryl methyl sites for hydroxylation is 1. The van der Waals surface area contributed by atoms with Gasteiger partial charge in [-0.05, 0) is 74.9 Å². The topological polar surface area (TPSA) is 77.1 Å². The average Bonchev–Trinajstić information content (AvgIpc) is 2.94. The number of methoxy groups -OCH3 is 1. The van der Waals surface area contributed by atoms with Crippen LogP contribution in [0.3, 0.4) is 0 Å². The van der Waals surface area contributed by atoms with Crippen molar-refractivity contribution in [2.24, 2.45) is 0 Å². The Morgan fingerprint density at radius 1 is 0.921 bits per heavy atom. The molecule has 38 heavy (non-hydrogen) atoms. The van der Waals surface area contributed by atoms with Crippen molar-refractivity contribution in [3.8, 4) is 17.2 Å². The van der Waals surface area contributed by atoms with Gasteiger partial charge in [0.1, 0.15) is 11.8 Å². The molecule has 0 aromatic heterocycles. The fourth-order valence-electron chi connectivity index (χ4n) is 5.04. The molecule has 0 unspecified atom stereocenters. The second kappa shape index (κ2) is 15.3. The van der Waals surface area contributed by atoms with E-state index in [1.165, 1.54) is 6.42 Å². The summed E-state index contributed by atoms with van der Waals surface area (Å²) in [4.78, 5) is 28.8. The van der Waals surface area contributed by atoms with Crippen LogP contribution in [-0.4, -0.2) is 49.1 Å². The van der Waals surface area contributed by atoms with Crippen molar-refractivity contribution in [1.29, 1.82) is 0 Å². The maximum Gasteiger partial charge on any atom is 0.243 e. The molecule has 1 fully saturated rings. The Morgan fingerprint density at radius 3 is 2.21 bits per heavy atom. The fraction of sp³-hybridized carbons (Fsp3) is 0.548. The molecule has 0 heterocycles. The lowest BCUT2D eigenvalue weighted by Gasteiger charge is -2.33. The Kier molecular flexibility index (Phi) is 11.8. The SMILES string of the molecule is CCOc1ccc(CCC(=O)N(Cc2ccc(OC)cc2)[C@@H](CC)C(=O)NC2CCCCC2)cc1OCC. The highest BCUT2D eigenvalue weighted by Crippen LogP contribution is 2.29. The molecule has 1 saturated carbocycles. The van der Waals surface area contributed by atoms with E-state index < -0.39 is 6.04 Å². The zero-order valence-electron chi connectivity index (χ0n) is 23.5. The molecule has 1 aliphatic rings. The molecule has 1 atom stereocenters. The highest BCUT2D eigenvalue weighted by molar-refractivity contribution is 5.88. The minimum Gasteiger partial charge on any atom is -0.497 e. The summed E-state index contributed by atoms with van der Waals surface area (Å²) in [5.74, 6) is 2.05. The average molecular weight is 525 g/mol. The highest BCUT2D eigenvalue weighted by Gasteiger charge is 2.30. The van der Waals surface area contributed by atoms with Crippen LogP contribution in [0, 0.1) is 0 Å². The first kappa shape index (κ1) is 29.3. The Labute approximate surface area is 227 Å². The number of nitrogens with zero attached hydrogens (tertiary/aromatic N) is 1. The first-order valence-electron chi connectivity index (χ1n) is 14.1. The smallest absolute Gasteiger partial charge is 0.243 e. The molecule has 7 nitrogen and oxygen atoms in total. The largest absolute Gasteiger partial charge is 0.497 e. The number of amides is 2. The molecule has 3 rings (SSSR count). The molecule has 2 aromatic rings. The Balaban J connectivity index is 1.77. The molecular formula is C31H44N2O5. The second-order valence-corrected chi connectivity index (χ2v) is 9.78. The third-order valence-corrected chi connectivity index (χ3v) is 7.08. The fourth-order valence-corrected chi connectivity index (χ4v) is 5.04. The molecule has 0 bridgehead atoms. The third kappa shape index (κ3) is 8.40. The van der Waals surface area contributed by atoms with E-state index in [1.807, 2.05) is 63.2 Å². The number of carbonyl (C=O) groups excluding carboxylic acids is 2. The van der Waals surface area contributed by atoms with Crippen LogP contribution in [0.2, 0.25) is 0 Å². The van der Waals surface area contributed by atoms with Gasteiger partial charge in [-0.3, -0.25) is 9.59 Å². The van der Waals surface area contributed by atoms with Gasteiger partial charge in [-0.2, -0.15) is 0 Å². The molecule has 208 valence electrons. The summed E-state index contributed by atoms with van der Waals surface area (Å²) < 4.78 is 16.7. The lowest BCUT2D eigenvalue weighted by molar-refractivity contribution is -0.141. The monoisotopic (exact) mass is 524 g/mol. The highest BCUT2D eigenvalue weighted by atomic mass is 16.5. The summed E-state index contributed by atoms with van der Waals surface area (Å²) in [5.41, 5.74) is 1.96. The van der Waals surface area contributed by atoms with Gasteiger partial charge in [0.15, 0.2) is 11.5 Å². The lowest BCUT2D eigenvalue weighted by Crippen LogP contribution is -2.51. The summed E-state index contributed by atoms with van der Waals surface area (Å²) in [6.07, 6.45) is 6.92. The maximum atomic E-state index is 13.7.